The Morgan fingerprint density at radius 1 is 1.00 bits per heavy atom. The molecule has 9 atom stereocenters. The summed E-state index contributed by atoms with van der Waals surface area (Å²) in [5, 5.41) is 11.1. The van der Waals surface area contributed by atoms with E-state index in [9.17, 15) is 9.90 Å². The molecule has 3 saturated carbocycles. The molecule has 3 aliphatic carbocycles. The van der Waals surface area contributed by atoms with Gasteiger partial charge in [-0.15, -0.1) is 0 Å². The number of halogens is 1. The van der Waals surface area contributed by atoms with Crippen molar-refractivity contribution in [3.8, 4) is 0 Å². The van der Waals surface area contributed by atoms with Crippen molar-refractivity contribution >= 4 is 3.79 Å². The maximum atomic E-state index is 13.4. The van der Waals surface area contributed by atoms with Gasteiger partial charge >= 0.3 is 203 Å². The molecule has 31 heavy (non-hydrogen) atoms. The van der Waals surface area contributed by atoms with E-state index in [4.69, 9.17) is 0 Å². The molecule has 3 nitrogen and oxygen atoms in total. The zero-order valence-electron chi connectivity index (χ0n) is 21.5. The van der Waals surface area contributed by atoms with Crippen LogP contribution in [-0.2, 0) is 4.79 Å². The second-order valence-corrected chi connectivity index (χ2v) is 15.3. The van der Waals surface area contributed by atoms with Crippen LogP contribution in [0.5, 0.6) is 0 Å². The van der Waals surface area contributed by atoms with Crippen molar-refractivity contribution in [2.24, 2.45) is 40.4 Å². The van der Waals surface area contributed by atoms with Crippen molar-refractivity contribution in [3.05, 3.63) is 0 Å². The van der Waals surface area contributed by atoms with Gasteiger partial charge in [-0.1, -0.05) is 0 Å². The van der Waals surface area contributed by atoms with E-state index < -0.39 is 21.2 Å². The first-order valence-corrected chi connectivity index (χ1v) is 15.4. The first-order valence-electron chi connectivity index (χ1n) is 13.1. The Hall–Kier alpha value is 0.320. The zero-order chi connectivity index (χ0) is 23.1. The van der Waals surface area contributed by atoms with Crippen molar-refractivity contribution in [1.82, 2.24) is 4.90 Å². The molecular formula is C27H49INO2-. The van der Waals surface area contributed by atoms with Crippen LogP contribution in [0.3, 0.4) is 0 Å². The molecular weight excluding hydrogens is 497 g/mol. The van der Waals surface area contributed by atoms with Crippen LogP contribution in [-0.4, -0.2) is 43.0 Å². The Morgan fingerprint density at radius 3 is 2.26 bits per heavy atom. The third-order valence-electron chi connectivity index (χ3n) is 10.3. The SMILES string of the molecule is CCN(CC)C(C)C(=O)[I-]C1C[C@@H](C)[C@@H]2CC[C@]3(C)C(O)CC[C@@H](C)[C@H]3C[C@H]1C2(C)C. The van der Waals surface area contributed by atoms with Gasteiger partial charge in [-0.2, -0.15) is 0 Å². The first kappa shape index (κ1) is 25.9. The number of rotatable bonds is 6. The molecule has 0 spiro atoms. The van der Waals surface area contributed by atoms with Crippen molar-refractivity contribution in [3.63, 3.8) is 0 Å². The van der Waals surface area contributed by atoms with Gasteiger partial charge in [0.25, 0.3) is 0 Å². The molecule has 0 radical (unpaired) electrons. The topological polar surface area (TPSA) is 40.5 Å². The fraction of sp³-hybridized carbons (Fsp3) is 0.963. The fourth-order valence-corrected chi connectivity index (χ4v) is 12.4. The zero-order valence-corrected chi connectivity index (χ0v) is 23.6. The van der Waals surface area contributed by atoms with Gasteiger partial charge in [-0.05, 0) is 0 Å². The molecule has 4 heteroatoms. The van der Waals surface area contributed by atoms with Gasteiger partial charge in [0.1, 0.15) is 0 Å². The molecule has 0 aromatic heterocycles. The van der Waals surface area contributed by atoms with Gasteiger partial charge in [-0.3, -0.25) is 0 Å². The van der Waals surface area contributed by atoms with Crippen LogP contribution in [0, 0.1) is 40.4 Å². The molecule has 0 amide bonds. The molecule has 1 N–H and O–H groups in total. The molecule has 0 heterocycles. The van der Waals surface area contributed by atoms with Crippen LogP contribution in [0.4, 0.5) is 0 Å². The van der Waals surface area contributed by atoms with E-state index in [1.54, 1.807) is 0 Å². The van der Waals surface area contributed by atoms with E-state index in [0.29, 0.717) is 36.8 Å². The maximum absolute atomic E-state index is 13.4. The van der Waals surface area contributed by atoms with E-state index in [0.717, 1.165) is 31.8 Å². The van der Waals surface area contributed by atoms with Gasteiger partial charge in [0.15, 0.2) is 0 Å². The summed E-state index contributed by atoms with van der Waals surface area (Å²) in [5.74, 6) is 3.31. The Balaban J connectivity index is 1.90. The summed E-state index contributed by atoms with van der Waals surface area (Å²) in [6.45, 7) is 20.8. The molecule has 0 aromatic carbocycles. The van der Waals surface area contributed by atoms with Crippen LogP contribution in [0.2, 0.25) is 0 Å². The van der Waals surface area contributed by atoms with Crippen molar-refractivity contribution in [2.45, 2.75) is 110 Å². The van der Waals surface area contributed by atoms with Crippen molar-refractivity contribution in [2.75, 3.05) is 13.1 Å². The number of likely N-dealkylation sites (N-methyl/N-ethyl adjacent to an activating group) is 1. The van der Waals surface area contributed by atoms with E-state index in [1.807, 2.05) is 0 Å². The van der Waals surface area contributed by atoms with E-state index >= 15 is 0 Å². The number of hydrogen-bond acceptors (Lipinski definition) is 3. The van der Waals surface area contributed by atoms with Crippen molar-refractivity contribution in [1.29, 1.82) is 0 Å². The molecule has 0 saturated heterocycles. The standard InChI is InChI=1S/C27H49INO2/c1-9-29(10-2)19(5)25(31)28-23-15-18(4)20-13-14-27(8)21(16-22(23)26(20,6)7)17(3)11-12-24(27)30/h17-24,30H,9-16H2,1-8H3/q-1/t17-,18-,19?,20+,21-,22-,23?,24?,27+/m1/s1. The third kappa shape index (κ3) is 4.78. The third-order valence-corrected chi connectivity index (χ3v) is 14.0. The van der Waals surface area contributed by atoms with Gasteiger partial charge in [0.05, 0.1) is 0 Å². The Morgan fingerprint density at radius 2 is 1.65 bits per heavy atom. The number of hydrogen-bond donors (Lipinski definition) is 1. The second-order valence-electron chi connectivity index (χ2n) is 12.0. The van der Waals surface area contributed by atoms with Crippen LogP contribution in [0.1, 0.15) is 93.9 Å². The average molecular weight is 547 g/mol. The van der Waals surface area contributed by atoms with Crippen LogP contribution in [0.25, 0.3) is 0 Å². The number of alkyl halides is 1. The molecule has 0 aliphatic heterocycles. The number of carbonyl (C=O) groups is 1. The number of aliphatic hydroxyl groups is 1. The normalized spacial score (nSPS) is 43.7. The molecule has 3 unspecified atom stereocenters. The number of carbonyl (C=O) groups excluding carboxylic acids is 1. The summed E-state index contributed by atoms with van der Waals surface area (Å²) in [7, 11) is 0. The summed E-state index contributed by atoms with van der Waals surface area (Å²) in [6, 6.07) is 0.0770. The van der Waals surface area contributed by atoms with E-state index in [2.05, 4.69) is 60.3 Å². The van der Waals surface area contributed by atoms with Crippen LogP contribution >= 0.6 is 0 Å². The van der Waals surface area contributed by atoms with Gasteiger partial charge in [0.2, 0.25) is 0 Å². The van der Waals surface area contributed by atoms with Gasteiger partial charge in [-0.25, -0.2) is 0 Å². The minimum absolute atomic E-state index is 0.0586. The monoisotopic (exact) mass is 546 g/mol. The first-order chi connectivity index (χ1) is 14.5. The molecule has 3 fully saturated rings. The fourth-order valence-electron chi connectivity index (χ4n) is 7.97. The summed E-state index contributed by atoms with van der Waals surface area (Å²) < 4.78 is 1.15. The Kier molecular flexibility index (Phi) is 8.28. The summed E-state index contributed by atoms with van der Waals surface area (Å²) in [5.41, 5.74) is 0.355. The Labute approximate surface area is 202 Å². The minimum atomic E-state index is -0.497. The molecule has 182 valence electrons. The van der Waals surface area contributed by atoms with Gasteiger partial charge in [0, 0.05) is 0 Å². The average Bonchev–Trinajstić information content (AvgIpc) is 2.69. The predicted molar refractivity (Wildman–Crippen MR) is 126 cm³/mol. The predicted octanol–water partition coefficient (Wildman–Crippen LogP) is 2.60. The van der Waals surface area contributed by atoms with Crippen LogP contribution in [0.15, 0.2) is 0 Å². The van der Waals surface area contributed by atoms with E-state index in [1.165, 1.54) is 25.7 Å². The number of fused-ring (bicyclic) bond motifs is 3. The second kappa shape index (κ2) is 9.90. The van der Waals surface area contributed by atoms with E-state index in [-0.39, 0.29) is 17.6 Å². The Bertz CT molecular complexity index is 633. The molecule has 0 aromatic rings. The number of aliphatic hydroxyl groups excluding tert-OH is 1. The molecule has 3 aliphatic rings. The van der Waals surface area contributed by atoms with Crippen molar-refractivity contribution < 1.29 is 31.1 Å². The van der Waals surface area contributed by atoms with Gasteiger partial charge < -0.3 is 0 Å². The summed E-state index contributed by atoms with van der Waals surface area (Å²) in [4.78, 5) is 15.8. The summed E-state index contributed by atoms with van der Waals surface area (Å²) in [6.07, 6.45) is 6.88. The quantitative estimate of drug-likeness (QED) is 0.317. The molecule has 3 rings (SSSR count). The summed E-state index contributed by atoms with van der Waals surface area (Å²) >= 11 is -0.497. The van der Waals surface area contributed by atoms with Crippen LogP contribution < -0.4 is 21.2 Å². The number of nitrogens with zero attached hydrogens (tertiary/aromatic N) is 1. The molecule has 2 bridgehead atoms.